The molecule has 37 heavy (non-hydrogen) atoms. The van der Waals surface area contributed by atoms with Gasteiger partial charge in [0.15, 0.2) is 6.10 Å². The zero-order chi connectivity index (χ0) is 28.3. The minimum absolute atomic E-state index is 0.0551. The van der Waals surface area contributed by atoms with Crippen LogP contribution in [0.4, 0.5) is 0 Å². The van der Waals surface area contributed by atoms with Crippen molar-refractivity contribution in [1.29, 1.82) is 0 Å². The number of hydrogen-bond acceptors (Lipinski definition) is 5. The number of rotatable bonds is 23. The smallest absolute Gasteiger partial charge is 0.330 e. The van der Waals surface area contributed by atoms with Gasteiger partial charge in [0.25, 0.3) is 0 Å². The van der Waals surface area contributed by atoms with Gasteiger partial charge in [-0.3, -0.25) is 9.59 Å². The first kappa shape index (κ1) is 35.0. The highest BCUT2D eigenvalue weighted by Gasteiger charge is 2.24. The van der Waals surface area contributed by atoms with Crippen LogP contribution in [-0.2, 0) is 23.9 Å². The molecule has 0 aliphatic heterocycles. The monoisotopic (exact) mass is 530 g/mol. The topological polar surface area (TPSA) is 110 Å². The number of nitrogens with zero attached hydrogens (tertiary/aromatic N) is 2. The van der Waals surface area contributed by atoms with Crippen LogP contribution in [-0.4, -0.2) is 111 Å². The van der Waals surface area contributed by atoms with E-state index in [1.165, 1.54) is 38.2 Å². The van der Waals surface area contributed by atoms with E-state index in [4.69, 9.17) is 19.7 Å². The molecule has 9 nitrogen and oxygen atoms in total. The quantitative estimate of drug-likeness (QED) is 0.0886. The summed E-state index contributed by atoms with van der Waals surface area (Å²) < 4.78 is 12.4. The number of allylic oxidation sites excluding steroid dienone is 1. The molecule has 0 bridgehead atoms. The van der Waals surface area contributed by atoms with E-state index in [1.54, 1.807) is 0 Å². The molecule has 0 fully saturated rings. The van der Waals surface area contributed by atoms with Gasteiger partial charge in [0.1, 0.15) is 19.2 Å². The summed E-state index contributed by atoms with van der Waals surface area (Å²) in [6.07, 6.45) is 13.2. The van der Waals surface area contributed by atoms with E-state index in [-0.39, 0.29) is 18.9 Å². The molecule has 0 aliphatic carbocycles. The normalized spacial score (nSPS) is 14.0. The predicted molar refractivity (Wildman–Crippen MR) is 145 cm³/mol. The number of carboxylic acids is 2. The van der Waals surface area contributed by atoms with Gasteiger partial charge in [0.2, 0.25) is 0 Å². The van der Waals surface area contributed by atoms with Crippen molar-refractivity contribution in [3.8, 4) is 0 Å². The molecule has 9 heteroatoms. The van der Waals surface area contributed by atoms with Crippen molar-refractivity contribution in [2.75, 3.05) is 62.0 Å². The van der Waals surface area contributed by atoms with Gasteiger partial charge in [0, 0.05) is 12.7 Å². The molecule has 0 aromatic rings. The Bertz CT molecular complexity index is 681. The number of ether oxygens (including phenoxy) is 2. The van der Waals surface area contributed by atoms with Crippen molar-refractivity contribution < 1.29 is 43.0 Å². The second-order valence-electron chi connectivity index (χ2n) is 12.1. The molecule has 0 saturated heterocycles. The number of aliphatic carboxylic acids is 2. The van der Waals surface area contributed by atoms with Crippen LogP contribution >= 0.6 is 0 Å². The second-order valence-corrected chi connectivity index (χ2v) is 12.1. The summed E-state index contributed by atoms with van der Waals surface area (Å²) in [6, 6.07) is 0. The Kier molecular flexibility index (Phi) is 18.1. The van der Waals surface area contributed by atoms with Crippen molar-refractivity contribution in [1.82, 2.24) is 0 Å². The molecule has 2 N–H and O–H groups in total. The SMILES string of the molecule is C[N+](C)(C)CC(CC(=O)O)OCCCCCCCCCCCC=CC(=O)OC(CC(=O)O)C[N+](C)(C)C. The maximum absolute atomic E-state index is 12.0. The fourth-order valence-corrected chi connectivity index (χ4v) is 4.17. The fourth-order valence-electron chi connectivity index (χ4n) is 4.17. The highest BCUT2D eigenvalue weighted by molar-refractivity contribution is 5.82. The van der Waals surface area contributed by atoms with Gasteiger partial charge in [0.05, 0.1) is 55.1 Å². The number of esters is 1. The van der Waals surface area contributed by atoms with Crippen LogP contribution in [0.3, 0.4) is 0 Å². The summed E-state index contributed by atoms with van der Waals surface area (Å²) in [5, 5.41) is 18.1. The van der Waals surface area contributed by atoms with Crippen LogP contribution < -0.4 is 0 Å². The summed E-state index contributed by atoms with van der Waals surface area (Å²) in [4.78, 5) is 34.1. The van der Waals surface area contributed by atoms with Crippen molar-refractivity contribution in [2.24, 2.45) is 0 Å². The molecular weight excluding hydrogens is 476 g/mol. The van der Waals surface area contributed by atoms with Crippen molar-refractivity contribution in [2.45, 2.75) is 89.3 Å². The number of carboxylic acid groups (broad SMARTS) is 2. The first-order valence-electron chi connectivity index (χ1n) is 13.7. The summed E-state index contributed by atoms with van der Waals surface area (Å²) in [5.41, 5.74) is 0. The summed E-state index contributed by atoms with van der Waals surface area (Å²) in [5.74, 6) is -2.26. The van der Waals surface area contributed by atoms with Gasteiger partial charge in [-0.2, -0.15) is 0 Å². The Morgan fingerprint density at radius 1 is 0.676 bits per heavy atom. The summed E-state index contributed by atoms with van der Waals surface area (Å²) >= 11 is 0. The molecule has 0 amide bonds. The average molecular weight is 531 g/mol. The number of unbranched alkanes of at least 4 members (excludes halogenated alkanes) is 9. The molecule has 0 radical (unpaired) electrons. The van der Waals surface area contributed by atoms with E-state index in [1.807, 2.05) is 48.4 Å². The Morgan fingerprint density at radius 3 is 1.59 bits per heavy atom. The third kappa shape index (κ3) is 25.5. The molecule has 2 unspecified atom stereocenters. The Morgan fingerprint density at radius 2 is 1.11 bits per heavy atom. The predicted octanol–water partition coefficient (Wildman–Crippen LogP) is 4.10. The lowest BCUT2D eigenvalue weighted by Gasteiger charge is -2.28. The molecule has 0 rings (SSSR count). The van der Waals surface area contributed by atoms with Gasteiger partial charge in [-0.25, -0.2) is 4.79 Å². The van der Waals surface area contributed by atoms with Crippen molar-refractivity contribution in [3.05, 3.63) is 12.2 Å². The lowest BCUT2D eigenvalue weighted by Crippen LogP contribution is -2.43. The van der Waals surface area contributed by atoms with Crippen molar-refractivity contribution in [3.63, 3.8) is 0 Å². The molecule has 0 aromatic heterocycles. The molecule has 0 heterocycles. The van der Waals surface area contributed by atoms with E-state index >= 15 is 0 Å². The lowest BCUT2D eigenvalue weighted by atomic mass is 10.1. The van der Waals surface area contributed by atoms with Crippen LogP contribution in [0.25, 0.3) is 0 Å². The van der Waals surface area contributed by atoms with Gasteiger partial charge < -0.3 is 28.7 Å². The number of carbonyl (C=O) groups excluding carboxylic acids is 1. The number of hydrogen-bond donors (Lipinski definition) is 2. The standard InChI is InChI=1S/C28H52N2O7/c1-29(2,3)22-24(20-26(31)32)36-19-17-15-13-11-9-7-8-10-12-14-16-18-28(35)37-25(21-27(33)34)23-30(4,5)6/h16,18,24-25H,7-15,17,19-23H2,1-6H3/p+2. The van der Waals surface area contributed by atoms with Gasteiger partial charge in [-0.05, 0) is 19.3 Å². The molecule has 0 aliphatic rings. The van der Waals surface area contributed by atoms with Gasteiger partial charge in [-0.1, -0.05) is 51.0 Å². The molecule has 0 aromatic carbocycles. The first-order valence-corrected chi connectivity index (χ1v) is 13.7. The molecule has 216 valence electrons. The zero-order valence-electron chi connectivity index (χ0n) is 24.2. The lowest BCUT2D eigenvalue weighted by molar-refractivity contribution is -0.873. The second kappa shape index (κ2) is 19.2. The van der Waals surface area contributed by atoms with E-state index < -0.39 is 24.0 Å². The Balaban J connectivity index is 3.80. The number of likely N-dealkylation sites (N-methyl/N-ethyl adjacent to an activating group) is 2. The summed E-state index contributed by atoms with van der Waals surface area (Å²) in [7, 11) is 11.9. The van der Waals surface area contributed by atoms with Gasteiger partial charge >= 0.3 is 17.9 Å². The van der Waals surface area contributed by atoms with Crippen LogP contribution in [0, 0.1) is 0 Å². The highest BCUT2D eigenvalue weighted by atomic mass is 16.5. The third-order valence-electron chi connectivity index (χ3n) is 5.71. The Hall–Kier alpha value is -1.97. The average Bonchev–Trinajstić information content (AvgIpc) is 2.70. The number of quaternary nitrogens is 2. The van der Waals surface area contributed by atoms with Crippen LogP contribution in [0.1, 0.15) is 77.0 Å². The van der Waals surface area contributed by atoms with Gasteiger partial charge in [-0.15, -0.1) is 0 Å². The molecule has 0 saturated carbocycles. The maximum atomic E-state index is 12.0. The number of carbonyl (C=O) groups is 3. The minimum Gasteiger partial charge on any atom is -0.481 e. The molecule has 0 spiro atoms. The maximum Gasteiger partial charge on any atom is 0.330 e. The van der Waals surface area contributed by atoms with Crippen molar-refractivity contribution >= 4 is 17.9 Å². The zero-order valence-corrected chi connectivity index (χ0v) is 24.2. The van der Waals surface area contributed by atoms with E-state index in [9.17, 15) is 14.4 Å². The van der Waals surface area contributed by atoms with Crippen LogP contribution in [0.5, 0.6) is 0 Å². The molecular formula is C28H54N2O7+2. The minimum atomic E-state index is -0.971. The van der Waals surface area contributed by atoms with Crippen LogP contribution in [0.2, 0.25) is 0 Å². The fraction of sp³-hybridized carbons (Fsp3) is 0.821. The first-order chi connectivity index (χ1) is 17.2. The molecule has 2 atom stereocenters. The third-order valence-corrected chi connectivity index (χ3v) is 5.71. The van der Waals surface area contributed by atoms with Crippen LogP contribution in [0.15, 0.2) is 12.2 Å². The van der Waals surface area contributed by atoms with E-state index in [2.05, 4.69) is 0 Å². The highest BCUT2D eigenvalue weighted by Crippen LogP contribution is 2.12. The largest absolute Gasteiger partial charge is 0.481 e. The summed E-state index contributed by atoms with van der Waals surface area (Å²) in [6.45, 7) is 1.76. The Labute approximate surface area is 224 Å². The van der Waals surface area contributed by atoms with E-state index in [0.717, 1.165) is 32.1 Å². The van der Waals surface area contributed by atoms with E-state index in [0.29, 0.717) is 28.7 Å².